The van der Waals surface area contributed by atoms with E-state index in [1.54, 1.807) is 0 Å². The van der Waals surface area contributed by atoms with Crippen LogP contribution in [0.1, 0.15) is 5.69 Å². The molecule has 0 unspecified atom stereocenters. The van der Waals surface area contributed by atoms with E-state index >= 15 is 0 Å². The molecule has 3 heteroatoms. The van der Waals surface area contributed by atoms with E-state index in [-0.39, 0.29) is 0 Å². The molecule has 4 rings (SSSR count). The number of aromatic nitrogens is 1. The van der Waals surface area contributed by atoms with Crippen molar-refractivity contribution in [3.05, 3.63) is 89.6 Å². The Hall–Kier alpha value is -2.71. The number of hydrogen-bond acceptors (Lipinski definition) is 1. The van der Waals surface area contributed by atoms with Crippen LogP contribution in [0, 0.1) is 6.92 Å². The Bertz CT molecular complexity index is 982. The molecule has 0 amide bonds. The quantitative estimate of drug-likeness (QED) is 0.426. The summed E-state index contributed by atoms with van der Waals surface area (Å²) in [4.78, 5) is 0. The van der Waals surface area contributed by atoms with Crippen LogP contribution < -0.4 is 0 Å². The fourth-order valence-corrected chi connectivity index (χ4v) is 3.11. The molecule has 0 aliphatic rings. The molecule has 118 valence electrons. The van der Waals surface area contributed by atoms with E-state index in [1.165, 1.54) is 0 Å². The smallest absolute Gasteiger partial charge is 0.151 e. The summed E-state index contributed by atoms with van der Waals surface area (Å²) in [6, 6.07) is 26.2. The zero-order chi connectivity index (χ0) is 16.5. The molecule has 0 aliphatic heterocycles. The monoisotopic (exact) mass is 333 g/mol. The normalized spacial score (nSPS) is 10.9. The van der Waals surface area contributed by atoms with Crippen molar-refractivity contribution in [1.82, 2.24) is 4.57 Å². The van der Waals surface area contributed by atoms with Crippen LogP contribution in [-0.2, 0) is 0 Å². The Morgan fingerprint density at radius 2 is 1.58 bits per heavy atom. The van der Waals surface area contributed by atoms with Gasteiger partial charge in [0.1, 0.15) is 5.76 Å². The molecule has 0 bridgehead atoms. The number of rotatable bonds is 3. The molecule has 0 radical (unpaired) electrons. The third kappa shape index (κ3) is 2.66. The van der Waals surface area contributed by atoms with E-state index in [4.69, 9.17) is 16.0 Å². The minimum Gasteiger partial charge on any atom is -0.455 e. The lowest BCUT2D eigenvalue weighted by molar-refractivity contribution is 0.593. The van der Waals surface area contributed by atoms with E-state index in [1.807, 2.05) is 54.6 Å². The van der Waals surface area contributed by atoms with Gasteiger partial charge in [0, 0.05) is 22.0 Å². The molecule has 2 heterocycles. The Kier molecular flexibility index (Phi) is 3.75. The number of benzene rings is 2. The Morgan fingerprint density at radius 3 is 2.38 bits per heavy atom. The summed E-state index contributed by atoms with van der Waals surface area (Å²) in [5, 5.41) is 0.703. The first-order valence-corrected chi connectivity index (χ1v) is 8.20. The summed E-state index contributed by atoms with van der Waals surface area (Å²) in [7, 11) is 0. The van der Waals surface area contributed by atoms with Gasteiger partial charge in [0.2, 0.25) is 0 Å². The third-order valence-electron chi connectivity index (χ3n) is 4.06. The molecule has 0 aliphatic carbocycles. The number of nitrogens with zero attached hydrogens (tertiary/aromatic N) is 1. The topological polar surface area (TPSA) is 18.1 Å². The van der Waals surface area contributed by atoms with Gasteiger partial charge in [-0.3, -0.25) is 0 Å². The van der Waals surface area contributed by atoms with E-state index in [9.17, 15) is 0 Å². The average molecular weight is 334 g/mol. The molecule has 2 aromatic carbocycles. The highest BCUT2D eigenvalue weighted by Crippen LogP contribution is 2.32. The summed E-state index contributed by atoms with van der Waals surface area (Å²) in [5.41, 5.74) is 4.29. The predicted molar refractivity (Wildman–Crippen MR) is 98.7 cm³/mol. The van der Waals surface area contributed by atoms with Gasteiger partial charge in [0.25, 0.3) is 0 Å². The number of furan rings is 1. The van der Waals surface area contributed by atoms with Crippen molar-refractivity contribution >= 4 is 11.6 Å². The standard InChI is InChI=1S/C21H16ClNO/c1-15-10-11-19(23(15)18-8-3-2-4-9-18)21-13-12-20(24-21)16-6-5-7-17(22)14-16/h2-14H,1H3. The molecular weight excluding hydrogens is 318 g/mol. The average Bonchev–Trinajstić information content (AvgIpc) is 3.22. The van der Waals surface area contributed by atoms with E-state index < -0.39 is 0 Å². The van der Waals surface area contributed by atoms with Gasteiger partial charge in [0.05, 0.1) is 5.69 Å². The minimum atomic E-state index is 0.703. The van der Waals surface area contributed by atoms with Gasteiger partial charge < -0.3 is 8.98 Å². The molecule has 0 atom stereocenters. The minimum absolute atomic E-state index is 0.703. The van der Waals surface area contributed by atoms with Gasteiger partial charge >= 0.3 is 0 Å². The Balaban J connectivity index is 1.79. The van der Waals surface area contributed by atoms with Crippen LogP contribution >= 0.6 is 11.6 Å². The second-order valence-electron chi connectivity index (χ2n) is 5.71. The fraction of sp³-hybridized carbons (Fsp3) is 0.0476. The van der Waals surface area contributed by atoms with Crippen LogP contribution in [0.2, 0.25) is 5.02 Å². The summed E-state index contributed by atoms with van der Waals surface area (Å²) >= 11 is 6.08. The van der Waals surface area contributed by atoms with Crippen molar-refractivity contribution in [2.45, 2.75) is 6.92 Å². The van der Waals surface area contributed by atoms with Gasteiger partial charge in [-0.2, -0.15) is 0 Å². The molecule has 24 heavy (non-hydrogen) atoms. The summed E-state index contributed by atoms with van der Waals surface area (Å²) in [5.74, 6) is 1.65. The molecule has 0 saturated carbocycles. The van der Waals surface area contributed by atoms with E-state index in [0.717, 1.165) is 34.2 Å². The van der Waals surface area contributed by atoms with Crippen molar-refractivity contribution in [2.75, 3.05) is 0 Å². The van der Waals surface area contributed by atoms with Gasteiger partial charge in [-0.15, -0.1) is 0 Å². The second-order valence-corrected chi connectivity index (χ2v) is 6.14. The second kappa shape index (κ2) is 6.06. The maximum atomic E-state index is 6.11. The number of aryl methyl sites for hydroxylation is 1. The number of halogens is 1. The molecule has 0 spiro atoms. The van der Waals surface area contributed by atoms with Crippen LogP contribution in [0.25, 0.3) is 28.5 Å². The van der Waals surface area contributed by atoms with Crippen molar-refractivity contribution in [3.8, 4) is 28.5 Å². The highest BCUT2D eigenvalue weighted by Gasteiger charge is 2.13. The molecule has 2 aromatic heterocycles. The first-order valence-electron chi connectivity index (χ1n) is 7.82. The van der Waals surface area contributed by atoms with Crippen molar-refractivity contribution < 1.29 is 4.42 Å². The summed E-state index contributed by atoms with van der Waals surface area (Å²) in [6.45, 7) is 2.09. The first-order chi connectivity index (χ1) is 11.7. The largest absolute Gasteiger partial charge is 0.455 e. The summed E-state index contributed by atoms with van der Waals surface area (Å²) < 4.78 is 8.30. The predicted octanol–water partition coefficient (Wildman–Crippen LogP) is 6.37. The van der Waals surface area contributed by atoms with Crippen molar-refractivity contribution in [2.24, 2.45) is 0 Å². The number of para-hydroxylation sites is 1. The molecule has 2 nitrogen and oxygen atoms in total. The molecule has 0 saturated heterocycles. The van der Waals surface area contributed by atoms with E-state index in [2.05, 4.69) is 35.8 Å². The van der Waals surface area contributed by atoms with E-state index in [0.29, 0.717) is 5.02 Å². The van der Waals surface area contributed by atoms with Crippen molar-refractivity contribution in [1.29, 1.82) is 0 Å². The first kappa shape index (κ1) is 14.9. The van der Waals surface area contributed by atoms with Crippen LogP contribution in [-0.4, -0.2) is 4.57 Å². The highest BCUT2D eigenvalue weighted by molar-refractivity contribution is 6.30. The van der Waals surface area contributed by atoms with Crippen LogP contribution in [0.5, 0.6) is 0 Å². The highest BCUT2D eigenvalue weighted by atomic mass is 35.5. The summed E-state index contributed by atoms with van der Waals surface area (Å²) in [6.07, 6.45) is 0. The zero-order valence-corrected chi connectivity index (χ0v) is 14.0. The Labute approximate surface area is 145 Å². The molecular formula is C21H16ClNO. The number of hydrogen-bond donors (Lipinski definition) is 0. The Morgan fingerprint density at radius 1 is 0.792 bits per heavy atom. The maximum Gasteiger partial charge on any atom is 0.151 e. The SMILES string of the molecule is Cc1ccc(-c2ccc(-c3cccc(Cl)c3)o2)n1-c1ccccc1. The lowest BCUT2D eigenvalue weighted by atomic mass is 10.2. The molecule has 0 fully saturated rings. The lowest BCUT2D eigenvalue weighted by Gasteiger charge is -2.10. The fourth-order valence-electron chi connectivity index (χ4n) is 2.92. The van der Waals surface area contributed by atoms with Crippen LogP contribution in [0.3, 0.4) is 0 Å². The van der Waals surface area contributed by atoms with Crippen LogP contribution in [0.15, 0.2) is 83.3 Å². The van der Waals surface area contributed by atoms with Gasteiger partial charge in [-0.1, -0.05) is 41.9 Å². The third-order valence-corrected chi connectivity index (χ3v) is 4.29. The van der Waals surface area contributed by atoms with Gasteiger partial charge in [-0.05, 0) is 55.5 Å². The molecule has 0 N–H and O–H groups in total. The van der Waals surface area contributed by atoms with Gasteiger partial charge in [-0.25, -0.2) is 0 Å². The van der Waals surface area contributed by atoms with Gasteiger partial charge in [0.15, 0.2) is 5.76 Å². The van der Waals surface area contributed by atoms with Crippen molar-refractivity contribution in [3.63, 3.8) is 0 Å². The zero-order valence-electron chi connectivity index (χ0n) is 13.2. The van der Waals surface area contributed by atoms with Crippen LogP contribution in [0.4, 0.5) is 0 Å². The molecule has 4 aromatic rings. The maximum absolute atomic E-state index is 6.11. The lowest BCUT2D eigenvalue weighted by Crippen LogP contribution is -1.97.